The molecule has 0 fully saturated rings. The van der Waals surface area contributed by atoms with Crippen LogP contribution in [-0.4, -0.2) is 38.4 Å². The van der Waals surface area contributed by atoms with Crippen molar-refractivity contribution >= 4 is 35.0 Å². The summed E-state index contributed by atoms with van der Waals surface area (Å²) >= 11 is 1.31. The van der Waals surface area contributed by atoms with Gasteiger partial charge in [0.25, 0.3) is 5.91 Å². The van der Waals surface area contributed by atoms with E-state index in [1.807, 2.05) is 37.1 Å². The molecule has 0 radical (unpaired) electrons. The highest BCUT2D eigenvalue weighted by atomic mass is 32.2. The SMILES string of the molecule is CC1Cc2ccccc2N1C(=O)c1cccc(NC(=O)CSc2nncn2C)c1. The monoisotopic (exact) mass is 407 g/mol. The third-order valence-electron chi connectivity index (χ3n) is 4.82. The average molecular weight is 407 g/mol. The lowest BCUT2D eigenvalue weighted by Crippen LogP contribution is -2.35. The predicted octanol–water partition coefficient (Wildman–Crippen LogP) is 3.14. The molecular weight excluding hydrogens is 386 g/mol. The molecule has 2 heterocycles. The van der Waals surface area contributed by atoms with E-state index in [-0.39, 0.29) is 23.6 Å². The van der Waals surface area contributed by atoms with E-state index in [0.29, 0.717) is 16.4 Å². The molecule has 1 aromatic heterocycles. The van der Waals surface area contributed by atoms with Gasteiger partial charge in [0.05, 0.1) is 5.75 Å². The molecule has 2 aromatic carbocycles. The Morgan fingerprint density at radius 2 is 2.03 bits per heavy atom. The van der Waals surface area contributed by atoms with Crippen LogP contribution >= 0.6 is 11.8 Å². The molecule has 8 heteroatoms. The molecule has 2 amide bonds. The highest BCUT2D eigenvalue weighted by Gasteiger charge is 2.31. The molecule has 148 valence electrons. The molecule has 1 unspecified atom stereocenters. The van der Waals surface area contributed by atoms with Crippen LogP contribution in [0.1, 0.15) is 22.8 Å². The number of benzene rings is 2. The number of anilines is 2. The Bertz CT molecular complexity index is 1060. The summed E-state index contributed by atoms with van der Waals surface area (Å²) in [6.07, 6.45) is 2.43. The number of fused-ring (bicyclic) bond motifs is 1. The minimum absolute atomic E-state index is 0.0630. The van der Waals surface area contributed by atoms with Crippen LogP contribution < -0.4 is 10.2 Å². The number of hydrogen-bond donors (Lipinski definition) is 1. The van der Waals surface area contributed by atoms with Gasteiger partial charge in [-0.3, -0.25) is 9.59 Å². The topological polar surface area (TPSA) is 80.1 Å². The number of nitrogens with zero attached hydrogens (tertiary/aromatic N) is 4. The second-order valence-corrected chi connectivity index (χ2v) is 7.94. The number of aryl methyl sites for hydroxylation is 1. The molecule has 1 atom stereocenters. The first-order chi connectivity index (χ1) is 14.0. The summed E-state index contributed by atoms with van der Waals surface area (Å²) in [6, 6.07) is 15.1. The van der Waals surface area contributed by atoms with E-state index in [1.54, 1.807) is 35.2 Å². The standard InChI is InChI=1S/C21H21N5O2S/c1-14-10-15-6-3-4-9-18(15)26(14)20(28)16-7-5-8-17(11-16)23-19(27)12-29-21-24-22-13-25(21)2/h3-9,11,13-14H,10,12H2,1-2H3,(H,23,27). The summed E-state index contributed by atoms with van der Waals surface area (Å²) in [6.45, 7) is 2.05. The van der Waals surface area contributed by atoms with Crippen LogP contribution in [0.15, 0.2) is 60.0 Å². The van der Waals surface area contributed by atoms with Gasteiger partial charge in [0, 0.05) is 30.0 Å². The van der Waals surface area contributed by atoms with Crippen molar-refractivity contribution in [1.82, 2.24) is 14.8 Å². The number of rotatable bonds is 5. The van der Waals surface area contributed by atoms with Crippen molar-refractivity contribution in [3.63, 3.8) is 0 Å². The number of para-hydroxylation sites is 1. The smallest absolute Gasteiger partial charge is 0.258 e. The van der Waals surface area contributed by atoms with Gasteiger partial charge in [-0.25, -0.2) is 0 Å². The fourth-order valence-corrected chi connectivity index (χ4v) is 4.16. The number of nitrogens with one attached hydrogen (secondary N) is 1. The third kappa shape index (κ3) is 4.02. The van der Waals surface area contributed by atoms with Crippen molar-refractivity contribution < 1.29 is 9.59 Å². The molecule has 0 aliphatic carbocycles. The fourth-order valence-electron chi connectivity index (χ4n) is 3.47. The van der Waals surface area contributed by atoms with Crippen LogP contribution in [0.25, 0.3) is 0 Å². The van der Waals surface area contributed by atoms with Gasteiger partial charge in [0.15, 0.2) is 5.16 Å². The van der Waals surface area contributed by atoms with Crippen molar-refractivity contribution in [3.05, 3.63) is 66.0 Å². The minimum atomic E-state index is -0.164. The second-order valence-electron chi connectivity index (χ2n) is 7.00. The maximum Gasteiger partial charge on any atom is 0.258 e. The van der Waals surface area contributed by atoms with Crippen molar-refractivity contribution in [3.8, 4) is 0 Å². The summed E-state index contributed by atoms with van der Waals surface area (Å²) in [4.78, 5) is 27.3. The molecule has 7 nitrogen and oxygen atoms in total. The number of carbonyl (C=O) groups is 2. The first-order valence-corrected chi connectivity index (χ1v) is 10.3. The molecule has 3 aromatic rings. The minimum Gasteiger partial charge on any atom is -0.325 e. The quantitative estimate of drug-likeness (QED) is 0.657. The van der Waals surface area contributed by atoms with Gasteiger partial charge < -0.3 is 14.8 Å². The van der Waals surface area contributed by atoms with E-state index in [0.717, 1.165) is 12.1 Å². The third-order valence-corrected chi connectivity index (χ3v) is 5.86. The fraction of sp³-hybridized carbons (Fsp3) is 0.238. The number of aromatic nitrogens is 3. The van der Waals surface area contributed by atoms with Gasteiger partial charge in [-0.2, -0.15) is 0 Å². The second kappa shape index (κ2) is 8.08. The Balaban J connectivity index is 1.45. The highest BCUT2D eigenvalue weighted by molar-refractivity contribution is 7.99. The van der Waals surface area contributed by atoms with Crippen LogP contribution in [0.4, 0.5) is 11.4 Å². The Kier molecular flexibility index (Phi) is 5.35. The highest BCUT2D eigenvalue weighted by Crippen LogP contribution is 2.33. The molecule has 0 bridgehead atoms. The molecule has 1 aliphatic heterocycles. The predicted molar refractivity (Wildman–Crippen MR) is 113 cm³/mol. The summed E-state index contributed by atoms with van der Waals surface area (Å²) in [7, 11) is 1.83. The van der Waals surface area contributed by atoms with Crippen LogP contribution in [-0.2, 0) is 18.3 Å². The zero-order chi connectivity index (χ0) is 20.4. The van der Waals surface area contributed by atoms with Crippen LogP contribution in [0.5, 0.6) is 0 Å². The lowest BCUT2D eigenvalue weighted by atomic mass is 10.1. The normalized spacial score (nSPS) is 15.2. The Labute approximate surface area is 173 Å². The first-order valence-electron chi connectivity index (χ1n) is 9.31. The van der Waals surface area contributed by atoms with Crippen molar-refractivity contribution in [2.45, 2.75) is 24.5 Å². The number of thioether (sulfide) groups is 1. The van der Waals surface area contributed by atoms with E-state index in [2.05, 4.69) is 21.6 Å². The Morgan fingerprint density at radius 1 is 1.21 bits per heavy atom. The molecule has 29 heavy (non-hydrogen) atoms. The largest absolute Gasteiger partial charge is 0.325 e. The number of carbonyl (C=O) groups excluding carboxylic acids is 2. The number of hydrogen-bond acceptors (Lipinski definition) is 5. The maximum atomic E-state index is 13.2. The molecule has 0 saturated carbocycles. The van der Waals surface area contributed by atoms with Crippen molar-refractivity contribution in [2.75, 3.05) is 16.0 Å². The summed E-state index contributed by atoms with van der Waals surface area (Å²) < 4.78 is 1.76. The molecule has 1 aliphatic rings. The summed E-state index contributed by atoms with van der Waals surface area (Å²) in [5.74, 6) is -0.0178. The Hall–Kier alpha value is -3.13. The maximum absolute atomic E-state index is 13.2. The van der Waals surface area contributed by atoms with Crippen molar-refractivity contribution in [2.24, 2.45) is 7.05 Å². The van der Waals surface area contributed by atoms with Gasteiger partial charge in [0.2, 0.25) is 5.91 Å². The van der Waals surface area contributed by atoms with Crippen LogP contribution in [0.3, 0.4) is 0 Å². The van der Waals surface area contributed by atoms with E-state index < -0.39 is 0 Å². The van der Waals surface area contributed by atoms with Gasteiger partial charge >= 0.3 is 0 Å². The van der Waals surface area contributed by atoms with E-state index in [9.17, 15) is 9.59 Å². The lowest BCUT2D eigenvalue weighted by molar-refractivity contribution is -0.113. The lowest BCUT2D eigenvalue weighted by Gasteiger charge is -2.23. The average Bonchev–Trinajstić information content (AvgIpc) is 3.27. The van der Waals surface area contributed by atoms with Crippen LogP contribution in [0.2, 0.25) is 0 Å². The zero-order valence-corrected chi connectivity index (χ0v) is 17.0. The summed E-state index contributed by atoms with van der Waals surface area (Å²) in [5.41, 5.74) is 3.28. The molecule has 1 N–H and O–H groups in total. The molecule has 0 saturated heterocycles. The van der Waals surface area contributed by atoms with Gasteiger partial charge in [-0.1, -0.05) is 36.0 Å². The van der Waals surface area contributed by atoms with Gasteiger partial charge in [-0.15, -0.1) is 10.2 Å². The summed E-state index contributed by atoms with van der Waals surface area (Å²) in [5, 5.41) is 11.3. The van der Waals surface area contributed by atoms with E-state index in [1.165, 1.54) is 17.3 Å². The molecule has 0 spiro atoms. The van der Waals surface area contributed by atoms with Crippen molar-refractivity contribution in [1.29, 1.82) is 0 Å². The Morgan fingerprint density at radius 3 is 2.83 bits per heavy atom. The van der Waals surface area contributed by atoms with Crippen LogP contribution in [0, 0.1) is 0 Å². The molecule has 4 rings (SSSR count). The number of amides is 2. The van der Waals surface area contributed by atoms with Gasteiger partial charge in [0.1, 0.15) is 6.33 Å². The first kappa shape index (κ1) is 19.2. The van der Waals surface area contributed by atoms with E-state index in [4.69, 9.17) is 0 Å². The zero-order valence-electron chi connectivity index (χ0n) is 16.2. The van der Waals surface area contributed by atoms with Gasteiger partial charge in [-0.05, 0) is 43.2 Å². The van der Waals surface area contributed by atoms with E-state index >= 15 is 0 Å². The molecular formula is C21H21N5O2S.